The minimum atomic E-state index is 0.576. The van der Waals surface area contributed by atoms with Gasteiger partial charge in [-0.3, -0.25) is 0 Å². The molecule has 0 amide bonds. The molecular formula is C6H8O2. The second kappa shape index (κ2) is 2.52. The van der Waals surface area contributed by atoms with Crippen molar-refractivity contribution in [3.05, 3.63) is 31.3 Å². The highest BCUT2D eigenvalue weighted by atomic mass is 16.5. The van der Waals surface area contributed by atoms with E-state index in [1.54, 1.807) is 6.26 Å². The highest BCUT2D eigenvalue weighted by molar-refractivity contribution is 4.95. The van der Waals surface area contributed by atoms with Gasteiger partial charge in [0.1, 0.15) is 0 Å². The molecule has 44 valence electrons. The third-order valence-corrected chi connectivity index (χ3v) is 0.848. The Morgan fingerprint density at radius 1 is 1.75 bits per heavy atom. The van der Waals surface area contributed by atoms with Gasteiger partial charge >= 0.3 is 0 Å². The van der Waals surface area contributed by atoms with E-state index in [1.165, 1.54) is 0 Å². The van der Waals surface area contributed by atoms with Crippen molar-refractivity contribution in [3.63, 3.8) is 0 Å². The molecule has 0 fully saturated rings. The van der Waals surface area contributed by atoms with Gasteiger partial charge in [0.05, 0.1) is 6.26 Å². The quantitative estimate of drug-likeness (QED) is 0.415. The standard InChI is InChI=1S/C6H8O2/c1-7-5-6-3-2-4-8-6/h2-4,7H,1,5H2. The summed E-state index contributed by atoms with van der Waals surface area (Å²) in [5.41, 5.74) is 0. The highest BCUT2D eigenvalue weighted by Crippen LogP contribution is 1.98. The van der Waals surface area contributed by atoms with E-state index in [-0.39, 0.29) is 0 Å². The molecule has 2 nitrogen and oxygen atoms in total. The first-order valence-corrected chi connectivity index (χ1v) is 2.38. The van der Waals surface area contributed by atoms with Gasteiger partial charge in [-0.1, -0.05) is 7.11 Å². The van der Waals surface area contributed by atoms with E-state index in [9.17, 15) is 0 Å². The fraction of sp³-hybridized carbons (Fsp3) is 0.167. The van der Waals surface area contributed by atoms with Gasteiger partial charge < -0.3 is 9.15 Å². The van der Waals surface area contributed by atoms with Crippen LogP contribution in [0.25, 0.3) is 0 Å². The molecule has 2 heteroatoms. The van der Waals surface area contributed by atoms with E-state index < -0.39 is 0 Å². The molecular weight excluding hydrogens is 104 g/mol. The van der Waals surface area contributed by atoms with E-state index in [4.69, 9.17) is 4.42 Å². The van der Waals surface area contributed by atoms with Gasteiger partial charge in [-0.25, -0.2) is 0 Å². The SMILES string of the molecule is [CH2-][OH+]Cc1ccco1. The predicted octanol–water partition coefficient (Wildman–Crippen LogP) is 1.10. The second-order valence-corrected chi connectivity index (χ2v) is 1.46. The smallest absolute Gasteiger partial charge is 0.178 e. The van der Waals surface area contributed by atoms with Crippen molar-refractivity contribution in [3.8, 4) is 0 Å². The lowest BCUT2D eigenvalue weighted by Crippen LogP contribution is -1.84. The average Bonchev–Trinajstić information content (AvgIpc) is 2.19. The summed E-state index contributed by atoms with van der Waals surface area (Å²) in [5, 5.41) is 0. The molecule has 0 atom stereocenters. The summed E-state index contributed by atoms with van der Waals surface area (Å²) in [4.78, 5) is 0. The number of hydrogen-bond acceptors (Lipinski definition) is 1. The maximum atomic E-state index is 4.94. The molecule has 0 aliphatic heterocycles. The fourth-order valence-electron chi connectivity index (χ4n) is 0.513. The molecule has 1 aromatic rings. The minimum absolute atomic E-state index is 0.576. The summed E-state index contributed by atoms with van der Waals surface area (Å²) in [5.74, 6) is 0.861. The Bertz CT molecular complexity index is 132. The van der Waals surface area contributed by atoms with Gasteiger partial charge in [0.15, 0.2) is 12.4 Å². The van der Waals surface area contributed by atoms with Crippen molar-refractivity contribution in [2.75, 3.05) is 0 Å². The zero-order valence-corrected chi connectivity index (χ0v) is 4.50. The van der Waals surface area contributed by atoms with E-state index in [1.807, 2.05) is 12.1 Å². The lowest BCUT2D eigenvalue weighted by atomic mass is 10.5. The lowest BCUT2D eigenvalue weighted by molar-refractivity contribution is 0.0278. The van der Waals surface area contributed by atoms with E-state index in [0.717, 1.165) is 5.76 Å². The van der Waals surface area contributed by atoms with Gasteiger partial charge in [-0.2, -0.15) is 0 Å². The van der Waals surface area contributed by atoms with Crippen molar-refractivity contribution in [1.29, 1.82) is 0 Å². The molecule has 0 radical (unpaired) electrons. The average molecular weight is 112 g/mol. The predicted molar refractivity (Wildman–Crippen MR) is 30.0 cm³/mol. The molecule has 0 bridgehead atoms. The summed E-state index contributed by atoms with van der Waals surface area (Å²) in [6.45, 7) is 0.576. The second-order valence-electron chi connectivity index (χ2n) is 1.46. The van der Waals surface area contributed by atoms with Crippen LogP contribution in [0.2, 0.25) is 0 Å². The molecule has 0 aromatic carbocycles. The van der Waals surface area contributed by atoms with Crippen LogP contribution in [0.15, 0.2) is 22.8 Å². The van der Waals surface area contributed by atoms with Gasteiger partial charge in [-0.05, 0) is 12.1 Å². The Hall–Kier alpha value is -0.760. The maximum absolute atomic E-state index is 4.94. The largest absolute Gasteiger partial charge is 0.576 e. The van der Waals surface area contributed by atoms with Crippen LogP contribution in [-0.2, 0) is 6.61 Å². The molecule has 1 aromatic heterocycles. The molecule has 0 spiro atoms. The summed E-state index contributed by atoms with van der Waals surface area (Å²) < 4.78 is 8.57. The number of aliphatic hydroxyl groups is 2. The normalized spacial score (nSPS) is 9.62. The van der Waals surface area contributed by atoms with Crippen LogP contribution < -0.4 is 0 Å². The van der Waals surface area contributed by atoms with Crippen LogP contribution in [0.3, 0.4) is 0 Å². The monoisotopic (exact) mass is 112 g/mol. The zero-order chi connectivity index (χ0) is 5.82. The van der Waals surface area contributed by atoms with Crippen molar-refractivity contribution < 1.29 is 9.15 Å². The molecule has 1 N–H and O–H groups in total. The van der Waals surface area contributed by atoms with Crippen molar-refractivity contribution in [2.24, 2.45) is 0 Å². The van der Waals surface area contributed by atoms with Crippen LogP contribution in [0.5, 0.6) is 0 Å². The van der Waals surface area contributed by atoms with Crippen LogP contribution >= 0.6 is 0 Å². The Balaban J connectivity index is 2.50. The molecule has 0 unspecified atom stereocenters. The third-order valence-electron chi connectivity index (χ3n) is 0.848. The molecule has 1 heterocycles. The van der Waals surface area contributed by atoms with Gasteiger partial charge in [0, 0.05) is 0 Å². The Labute approximate surface area is 48.1 Å². The first kappa shape index (κ1) is 5.38. The van der Waals surface area contributed by atoms with E-state index >= 15 is 0 Å². The lowest BCUT2D eigenvalue weighted by Gasteiger charge is -1.92. The third kappa shape index (κ3) is 1.10. The summed E-state index contributed by atoms with van der Waals surface area (Å²) in [6, 6.07) is 3.70. The maximum Gasteiger partial charge on any atom is 0.178 e. The molecule has 0 saturated carbocycles. The zero-order valence-electron chi connectivity index (χ0n) is 4.50. The molecule has 0 aliphatic rings. The van der Waals surface area contributed by atoms with Crippen molar-refractivity contribution in [1.82, 2.24) is 0 Å². The first-order chi connectivity index (χ1) is 3.93. The van der Waals surface area contributed by atoms with Gasteiger partial charge in [0.2, 0.25) is 0 Å². The summed E-state index contributed by atoms with van der Waals surface area (Å²) in [6.07, 6.45) is 1.63. The van der Waals surface area contributed by atoms with E-state index in [0.29, 0.717) is 6.61 Å². The minimum Gasteiger partial charge on any atom is -0.576 e. The van der Waals surface area contributed by atoms with E-state index in [2.05, 4.69) is 11.8 Å². The first-order valence-electron chi connectivity index (χ1n) is 2.38. The molecule has 1 rings (SSSR count). The Kier molecular flexibility index (Phi) is 1.70. The van der Waals surface area contributed by atoms with Gasteiger partial charge in [-0.15, -0.1) is 0 Å². The van der Waals surface area contributed by atoms with Crippen molar-refractivity contribution >= 4 is 0 Å². The summed E-state index contributed by atoms with van der Waals surface area (Å²) >= 11 is 0. The van der Waals surface area contributed by atoms with Crippen molar-refractivity contribution in [2.45, 2.75) is 6.61 Å². The number of furan rings is 1. The van der Waals surface area contributed by atoms with Crippen LogP contribution in [0.4, 0.5) is 0 Å². The molecule has 8 heavy (non-hydrogen) atoms. The highest BCUT2D eigenvalue weighted by Gasteiger charge is 1.90. The molecule has 0 saturated heterocycles. The summed E-state index contributed by atoms with van der Waals surface area (Å²) in [7, 11) is 3.33. The number of ether oxygens (including phenoxy) is 1. The molecule has 0 aliphatic carbocycles. The van der Waals surface area contributed by atoms with Crippen LogP contribution in [-0.4, -0.2) is 4.74 Å². The Morgan fingerprint density at radius 2 is 2.62 bits per heavy atom. The Morgan fingerprint density at radius 3 is 3.12 bits per heavy atom. The number of hydrogen-bond donors (Lipinski definition) is 0. The number of rotatable bonds is 2. The van der Waals surface area contributed by atoms with Crippen LogP contribution in [0.1, 0.15) is 5.76 Å². The van der Waals surface area contributed by atoms with Gasteiger partial charge in [0.25, 0.3) is 0 Å². The fourth-order valence-corrected chi connectivity index (χ4v) is 0.513. The topological polar surface area (TPSA) is 25.9 Å². The van der Waals surface area contributed by atoms with Crippen LogP contribution in [0, 0.1) is 7.11 Å².